The highest BCUT2D eigenvalue weighted by Crippen LogP contribution is 2.33. The summed E-state index contributed by atoms with van der Waals surface area (Å²) >= 11 is 0. The predicted octanol–water partition coefficient (Wildman–Crippen LogP) is 2.41. The van der Waals surface area contributed by atoms with Gasteiger partial charge < -0.3 is 9.88 Å². The van der Waals surface area contributed by atoms with Crippen molar-refractivity contribution >= 4 is 16.9 Å². The highest BCUT2D eigenvalue weighted by Gasteiger charge is 2.32. The number of amides is 1. The van der Waals surface area contributed by atoms with Crippen LogP contribution in [0.3, 0.4) is 0 Å². The number of halogens is 1. The molecular weight excluding hydrogens is 297 g/mol. The Morgan fingerprint density at radius 1 is 1.43 bits per heavy atom. The topological polar surface area (TPSA) is 66.8 Å². The molecule has 1 N–H and O–H groups in total. The number of rotatable bonds is 2. The zero-order chi connectivity index (χ0) is 16.0. The van der Waals surface area contributed by atoms with E-state index < -0.39 is 5.82 Å². The minimum Gasteiger partial charge on any atom is -0.344 e. The van der Waals surface area contributed by atoms with Crippen LogP contribution >= 0.6 is 0 Å². The average Bonchev–Trinajstić information content (AvgIpc) is 3.24. The summed E-state index contributed by atoms with van der Waals surface area (Å²) in [5.74, 6) is -0.629. The minimum atomic E-state index is -0.442. The van der Waals surface area contributed by atoms with Gasteiger partial charge in [-0.15, -0.1) is 0 Å². The van der Waals surface area contributed by atoms with Crippen LogP contribution in [0.1, 0.15) is 34.8 Å². The molecule has 1 atom stereocenters. The zero-order valence-corrected chi connectivity index (χ0v) is 12.7. The van der Waals surface area contributed by atoms with Gasteiger partial charge in [-0.05, 0) is 25.0 Å². The average molecular weight is 313 g/mol. The molecular formula is C16H16FN5O. The van der Waals surface area contributed by atoms with Crippen LogP contribution in [-0.2, 0) is 7.05 Å². The van der Waals surface area contributed by atoms with E-state index in [9.17, 15) is 9.18 Å². The van der Waals surface area contributed by atoms with Gasteiger partial charge in [0.05, 0.1) is 29.6 Å². The molecule has 7 heteroatoms. The number of hydrogen-bond donors (Lipinski definition) is 1. The lowest BCUT2D eigenvalue weighted by atomic mass is 10.1. The van der Waals surface area contributed by atoms with Crippen molar-refractivity contribution in [1.29, 1.82) is 0 Å². The standard InChI is InChI=1S/C16H16FN5O/c1-21-8-10(7-20-21)14-3-2-4-22(14)16(23)12-5-11(17)6-13-15(12)19-9-18-13/h5-9,14H,2-4H2,1H3,(H,18,19)/t14-/m0/s1. The van der Waals surface area contributed by atoms with Crippen LogP contribution in [0.5, 0.6) is 0 Å². The number of imidazole rings is 1. The first kappa shape index (κ1) is 13.9. The summed E-state index contributed by atoms with van der Waals surface area (Å²) in [5.41, 5.74) is 2.35. The smallest absolute Gasteiger partial charge is 0.256 e. The van der Waals surface area contributed by atoms with E-state index in [1.807, 2.05) is 13.2 Å². The highest BCUT2D eigenvalue weighted by molar-refractivity contribution is 6.05. The Hall–Kier alpha value is -2.70. The van der Waals surface area contributed by atoms with Crippen LogP contribution < -0.4 is 0 Å². The summed E-state index contributed by atoms with van der Waals surface area (Å²) in [7, 11) is 1.85. The second-order valence-corrected chi connectivity index (χ2v) is 5.86. The van der Waals surface area contributed by atoms with Crippen LogP contribution in [0.2, 0.25) is 0 Å². The first-order chi connectivity index (χ1) is 11.1. The van der Waals surface area contributed by atoms with E-state index in [0.29, 0.717) is 23.1 Å². The number of nitrogens with one attached hydrogen (secondary N) is 1. The molecule has 3 aromatic rings. The number of carbonyl (C=O) groups excluding carboxylic acids is 1. The highest BCUT2D eigenvalue weighted by atomic mass is 19.1. The number of aryl methyl sites for hydroxylation is 1. The summed E-state index contributed by atoms with van der Waals surface area (Å²) in [6.07, 6.45) is 6.99. The first-order valence-electron chi connectivity index (χ1n) is 7.55. The van der Waals surface area contributed by atoms with Gasteiger partial charge in [0.15, 0.2) is 0 Å². The van der Waals surface area contributed by atoms with Crippen molar-refractivity contribution in [2.75, 3.05) is 6.54 Å². The fourth-order valence-electron chi connectivity index (χ4n) is 3.30. The van der Waals surface area contributed by atoms with E-state index >= 15 is 0 Å². The lowest BCUT2D eigenvalue weighted by Crippen LogP contribution is -2.30. The maximum Gasteiger partial charge on any atom is 0.256 e. The molecule has 1 saturated heterocycles. The van der Waals surface area contributed by atoms with Crippen molar-refractivity contribution in [3.63, 3.8) is 0 Å². The molecule has 0 bridgehead atoms. The monoisotopic (exact) mass is 313 g/mol. The van der Waals surface area contributed by atoms with Crippen molar-refractivity contribution in [1.82, 2.24) is 24.6 Å². The van der Waals surface area contributed by atoms with Gasteiger partial charge in [0.25, 0.3) is 5.91 Å². The van der Waals surface area contributed by atoms with E-state index in [2.05, 4.69) is 15.1 Å². The molecule has 4 rings (SSSR count). The predicted molar refractivity (Wildman–Crippen MR) is 82.3 cm³/mol. The SMILES string of the molecule is Cn1cc([C@@H]2CCCN2C(=O)c2cc(F)cc3[nH]cnc23)cn1. The molecule has 1 aliphatic heterocycles. The molecule has 0 unspecified atom stereocenters. The van der Waals surface area contributed by atoms with E-state index in [0.717, 1.165) is 18.4 Å². The molecule has 0 aliphatic carbocycles. The Morgan fingerprint density at radius 3 is 3.09 bits per heavy atom. The Balaban J connectivity index is 1.73. The van der Waals surface area contributed by atoms with E-state index in [1.165, 1.54) is 18.5 Å². The summed E-state index contributed by atoms with van der Waals surface area (Å²) < 4.78 is 15.5. The Kier molecular flexibility index (Phi) is 3.14. The molecule has 0 saturated carbocycles. The van der Waals surface area contributed by atoms with E-state index in [1.54, 1.807) is 15.8 Å². The van der Waals surface area contributed by atoms with E-state index in [4.69, 9.17) is 0 Å². The van der Waals surface area contributed by atoms with Gasteiger partial charge in [-0.3, -0.25) is 9.48 Å². The van der Waals surface area contributed by atoms with Gasteiger partial charge in [0.1, 0.15) is 11.3 Å². The van der Waals surface area contributed by atoms with E-state index in [-0.39, 0.29) is 11.9 Å². The third-order valence-electron chi connectivity index (χ3n) is 4.34. The number of aromatic nitrogens is 4. The maximum atomic E-state index is 13.8. The molecule has 2 aromatic heterocycles. The molecule has 1 aromatic carbocycles. The van der Waals surface area contributed by atoms with Gasteiger partial charge >= 0.3 is 0 Å². The van der Waals surface area contributed by atoms with Crippen molar-refractivity contribution < 1.29 is 9.18 Å². The Bertz CT molecular complexity index is 884. The van der Waals surface area contributed by atoms with Gasteiger partial charge in [-0.1, -0.05) is 0 Å². The molecule has 118 valence electrons. The van der Waals surface area contributed by atoms with Gasteiger partial charge in [0.2, 0.25) is 0 Å². The number of nitrogens with zero attached hydrogens (tertiary/aromatic N) is 4. The first-order valence-corrected chi connectivity index (χ1v) is 7.55. The van der Waals surface area contributed by atoms with Gasteiger partial charge in [-0.2, -0.15) is 5.10 Å². The van der Waals surface area contributed by atoms with Crippen molar-refractivity contribution in [3.05, 3.63) is 47.8 Å². The number of benzene rings is 1. The number of likely N-dealkylation sites (tertiary alicyclic amines) is 1. The molecule has 1 fully saturated rings. The third kappa shape index (κ3) is 2.28. The van der Waals surface area contributed by atoms with Crippen molar-refractivity contribution in [2.24, 2.45) is 7.05 Å². The maximum absolute atomic E-state index is 13.8. The number of aromatic amines is 1. The molecule has 3 heterocycles. The quantitative estimate of drug-likeness (QED) is 0.790. The molecule has 6 nitrogen and oxygen atoms in total. The largest absolute Gasteiger partial charge is 0.344 e. The number of carbonyl (C=O) groups is 1. The Labute approximate surface area is 131 Å². The normalized spacial score (nSPS) is 18.0. The molecule has 23 heavy (non-hydrogen) atoms. The van der Waals surface area contributed by atoms with Crippen LogP contribution in [0.15, 0.2) is 30.9 Å². The number of H-pyrrole nitrogens is 1. The second-order valence-electron chi connectivity index (χ2n) is 5.86. The Morgan fingerprint density at radius 2 is 2.30 bits per heavy atom. The van der Waals surface area contributed by atoms with Crippen molar-refractivity contribution in [2.45, 2.75) is 18.9 Å². The summed E-state index contributed by atoms with van der Waals surface area (Å²) in [5, 5.41) is 4.18. The van der Waals surface area contributed by atoms with Crippen molar-refractivity contribution in [3.8, 4) is 0 Å². The molecule has 0 spiro atoms. The molecule has 1 aliphatic rings. The summed E-state index contributed by atoms with van der Waals surface area (Å²) in [4.78, 5) is 21.8. The van der Waals surface area contributed by atoms with Crippen LogP contribution in [0, 0.1) is 5.82 Å². The summed E-state index contributed by atoms with van der Waals surface area (Å²) in [6.45, 7) is 0.654. The molecule has 1 amide bonds. The van der Waals surface area contributed by atoms with Crippen LogP contribution in [0.25, 0.3) is 11.0 Å². The zero-order valence-electron chi connectivity index (χ0n) is 12.7. The van der Waals surface area contributed by atoms with Gasteiger partial charge in [0, 0.05) is 25.4 Å². The van der Waals surface area contributed by atoms with Crippen LogP contribution in [0.4, 0.5) is 4.39 Å². The van der Waals surface area contributed by atoms with Gasteiger partial charge in [-0.25, -0.2) is 9.37 Å². The minimum absolute atomic E-state index is 0.0199. The number of hydrogen-bond acceptors (Lipinski definition) is 3. The number of fused-ring (bicyclic) bond motifs is 1. The molecule has 0 radical (unpaired) electrons. The second kappa shape index (κ2) is 5.19. The summed E-state index contributed by atoms with van der Waals surface area (Å²) in [6, 6.07) is 2.60. The fourth-order valence-corrected chi connectivity index (χ4v) is 3.30. The lowest BCUT2D eigenvalue weighted by molar-refractivity contribution is 0.0737. The fraction of sp³-hybridized carbons (Fsp3) is 0.312. The third-order valence-corrected chi connectivity index (χ3v) is 4.34. The van der Waals surface area contributed by atoms with Crippen LogP contribution in [-0.4, -0.2) is 37.1 Å². The lowest BCUT2D eigenvalue weighted by Gasteiger charge is -2.24.